The van der Waals surface area contributed by atoms with E-state index in [9.17, 15) is 23.5 Å². The summed E-state index contributed by atoms with van der Waals surface area (Å²) in [6.45, 7) is 7.54. The number of hydrogen-bond donors (Lipinski definition) is 3. The van der Waals surface area contributed by atoms with Gasteiger partial charge in [0.05, 0.1) is 19.3 Å². The van der Waals surface area contributed by atoms with Crippen molar-refractivity contribution in [3.05, 3.63) is 100 Å². The van der Waals surface area contributed by atoms with Gasteiger partial charge in [-0.05, 0) is 98.2 Å². The van der Waals surface area contributed by atoms with Gasteiger partial charge in [-0.15, -0.1) is 0 Å². The number of methoxy groups -OCH3 is 1. The van der Waals surface area contributed by atoms with Crippen molar-refractivity contribution in [2.45, 2.75) is 77.1 Å². The van der Waals surface area contributed by atoms with E-state index >= 15 is 0 Å². The van der Waals surface area contributed by atoms with Crippen LogP contribution in [0.15, 0.2) is 60.7 Å². The molecule has 3 N–H and O–H groups in total. The van der Waals surface area contributed by atoms with E-state index in [4.69, 9.17) is 4.74 Å². The van der Waals surface area contributed by atoms with E-state index in [1.807, 2.05) is 45.0 Å². The van der Waals surface area contributed by atoms with Crippen molar-refractivity contribution in [3.8, 4) is 5.75 Å². The fourth-order valence-electron chi connectivity index (χ4n) is 5.71. The molecule has 2 unspecified atom stereocenters. The normalized spacial score (nSPS) is 14.9. The quantitative estimate of drug-likeness (QED) is 0.210. The Labute approximate surface area is 258 Å². The largest absolute Gasteiger partial charge is 0.497 e. The van der Waals surface area contributed by atoms with Crippen molar-refractivity contribution in [3.63, 3.8) is 0 Å². The zero-order valence-electron chi connectivity index (χ0n) is 26.0. The molecule has 1 aliphatic carbocycles. The molecule has 1 aliphatic rings. The van der Waals surface area contributed by atoms with Gasteiger partial charge in [0, 0.05) is 42.4 Å². The summed E-state index contributed by atoms with van der Waals surface area (Å²) in [5.41, 5.74) is 2.02. The van der Waals surface area contributed by atoms with E-state index in [0.717, 1.165) is 35.8 Å². The summed E-state index contributed by atoms with van der Waals surface area (Å²) >= 11 is 0. The van der Waals surface area contributed by atoms with E-state index in [2.05, 4.69) is 10.6 Å². The third-order valence-electron chi connectivity index (χ3n) is 8.07. The summed E-state index contributed by atoms with van der Waals surface area (Å²) in [5, 5.41) is 18.1. The zero-order valence-corrected chi connectivity index (χ0v) is 26.0. The van der Waals surface area contributed by atoms with Gasteiger partial charge in [-0.3, -0.25) is 9.59 Å². The molecule has 2 atom stereocenters. The van der Waals surface area contributed by atoms with Gasteiger partial charge in [0.15, 0.2) is 0 Å². The average Bonchev–Trinajstić information content (AvgIpc) is 3.79. The molecule has 0 bridgehead atoms. The smallest absolute Gasteiger partial charge is 0.253 e. The summed E-state index contributed by atoms with van der Waals surface area (Å²) in [6.07, 6.45) is 1.89. The maximum Gasteiger partial charge on any atom is 0.253 e. The van der Waals surface area contributed by atoms with Gasteiger partial charge in [-0.25, -0.2) is 8.78 Å². The van der Waals surface area contributed by atoms with E-state index in [0.29, 0.717) is 43.6 Å². The third-order valence-corrected chi connectivity index (χ3v) is 8.07. The second-order valence-electron chi connectivity index (χ2n) is 11.7. The summed E-state index contributed by atoms with van der Waals surface area (Å²) in [5.74, 6) is -1.37. The van der Waals surface area contributed by atoms with Gasteiger partial charge in [-0.2, -0.15) is 0 Å². The number of hydrogen-bond acceptors (Lipinski definition) is 5. The standard InChI is InChI=1S/C35H43F2N3O4/c1-5-12-40(13-6-2)34(43)27-15-23(3)14-26(20-27)33(42)39-31(19-25-16-28(36)21-29(37)17-25)32(41)35(10-11-35)38-22-24-8-7-9-30(18-24)44-4/h7-9,14-18,20-21,31-32,38,41H,5-6,10-13,19,22H2,1-4H3,(H,39,42). The topological polar surface area (TPSA) is 90.9 Å². The molecule has 9 heteroatoms. The number of aliphatic hydroxyl groups is 1. The highest BCUT2D eigenvalue weighted by Crippen LogP contribution is 2.41. The van der Waals surface area contributed by atoms with Crippen molar-refractivity contribution in [2.75, 3.05) is 20.2 Å². The van der Waals surface area contributed by atoms with Crippen LogP contribution in [0.2, 0.25) is 0 Å². The summed E-state index contributed by atoms with van der Waals surface area (Å²) < 4.78 is 33.5. The van der Waals surface area contributed by atoms with Crippen LogP contribution in [0.4, 0.5) is 8.78 Å². The highest BCUT2D eigenvalue weighted by Gasteiger charge is 2.51. The number of carbonyl (C=O) groups excluding carboxylic acids is 2. The summed E-state index contributed by atoms with van der Waals surface area (Å²) in [6, 6.07) is 14.9. The van der Waals surface area contributed by atoms with E-state index in [1.54, 1.807) is 30.2 Å². The lowest BCUT2D eigenvalue weighted by Crippen LogP contribution is -2.55. The van der Waals surface area contributed by atoms with E-state index in [1.165, 1.54) is 12.1 Å². The lowest BCUT2D eigenvalue weighted by Gasteiger charge is -2.32. The molecule has 0 radical (unpaired) electrons. The molecule has 236 valence electrons. The molecule has 7 nitrogen and oxygen atoms in total. The fraction of sp³-hybridized carbons (Fsp3) is 0.429. The van der Waals surface area contributed by atoms with Crippen LogP contribution >= 0.6 is 0 Å². The van der Waals surface area contributed by atoms with Crippen LogP contribution in [0.5, 0.6) is 5.75 Å². The molecular weight excluding hydrogens is 564 g/mol. The minimum Gasteiger partial charge on any atom is -0.497 e. The van der Waals surface area contributed by atoms with Gasteiger partial charge in [-0.1, -0.05) is 26.0 Å². The molecule has 1 saturated carbocycles. The molecule has 0 saturated heterocycles. The Bertz CT molecular complexity index is 1430. The highest BCUT2D eigenvalue weighted by atomic mass is 19.1. The van der Waals surface area contributed by atoms with Gasteiger partial charge >= 0.3 is 0 Å². The van der Waals surface area contributed by atoms with Crippen LogP contribution in [0, 0.1) is 18.6 Å². The van der Waals surface area contributed by atoms with Gasteiger partial charge in [0.2, 0.25) is 0 Å². The molecule has 2 amide bonds. The second kappa shape index (κ2) is 14.8. The first-order valence-corrected chi connectivity index (χ1v) is 15.3. The number of halogens is 2. The number of rotatable bonds is 15. The fourth-order valence-corrected chi connectivity index (χ4v) is 5.71. The first-order chi connectivity index (χ1) is 21.1. The molecule has 0 aromatic heterocycles. The van der Waals surface area contributed by atoms with Crippen molar-refractivity contribution in [1.29, 1.82) is 0 Å². The first-order valence-electron chi connectivity index (χ1n) is 15.3. The van der Waals surface area contributed by atoms with Crippen molar-refractivity contribution >= 4 is 11.8 Å². The van der Waals surface area contributed by atoms with Crippen LogP contribution in [-0.4, -0.2) is 59.7 Å². The van der Waals surface area contributed by atoms with Crippen LogP contribution in [0.25, 0.3) is 0 Å². The zero-order chi connectivity index (χ0) is 31.9. The Balaban J connectivity index is 1.58. The number of nitrogens with zero attached hydrogens (tertiary/aromatic N) is 1. The van der Waals surface area contributed by atoms with Crippen molar-refractivity contribution in [2.24, 2.45) is 0 Å². The van der Waals surface area contributed by atoms with Gasteiger partial charge in [0.25, 0.3) is 11.8 Å². The Kier molecular flexibility index (Phi) is 11.1. The predicted molar refractivity (Wildman–Crippen MR) is 167 cm³/mol. The predicted octanol–water partition coefficient (Wildman–Crippen LogP) is 5.57. The van der Waals surface area contributed by atoms with Gasteiger partial charge < -0.3 is 25.4 Å². The number of carbonyl (C=O) groups is 2. The minimum absolute atomic E-state index is 0.00254. The van der Waals surface area contributed by atoms with E-state index in [-0.39, 0.29) is 17.9 Å². The number of amides is 2. The average molecular weight is 608 g/mol. The van der Waals surface area contributed by atoms with Crippen LogP contribution in [-0.2, 0) is 13.0 Å². The van der Waals surface area contributed by atoms with Crippen LogP contribution < -0.4 is 15.4 Å². The Morgan fingerprint density at radius 1 is 0.955 bits per heavy atom. The monoisotopic (exact) mass is 607 g/mol. The number of ether oxygens (including phenoxy) is 1. The molecule has 0 spiro atoms. The Morgan fingerprint density at radius 3 is 2.23 bits per heavy atom. The van der Waals surface area contributed by atoms with E-state index < -0.39 is 35.2 Å². The SMILES string of the molecule is CCCN(CCC)C(=O)c1cc(C)cc(C(=O)NC(Cc2cc(F)cc(F)c2)C(O)C2(NCc3cccc(OC)c3)CC2)c1. The Hall–Kier alpha value is -3.82. The molecule has 44 heavy (non-hydrogen) atoms. The lowest BCUT2D eigenvalue weighted by atomic mass is 9.93. The van der Waals surface area contributed by atoms with Crippen LogP contribution in [0.3, 0.4) is 0 Å². The Morgan fingerprint density at radius 2 is 1.61 bits per heavy atom. The highest BCUT2D eigenvalue weighted by molar-refractivity contribution is 6.00. The van der Waals surface area contributed by atoms with Crippen LogP contribution in [0.1, 0.15) is 76.9 Å². The number of nitrogens with one attached hydrogen (secondary N) is 2. The minimum atomic E-state index is -1.07. The molecular formula is C35H43F2N3O4. The number of aryl methyl sites for hydroxylation is 1. The van der Waals surface area contributed by atoms with Crippen molar-refractivity contribution < 1.29 is 28.2 Å². The first kappa shape index (κ1) is 33.1. The summed E-state index contributed by atoms with van der Waals surface area (Å²) in [7, 11) is 1.60. The lowest BCUT2D eigenvalue weighted by molar-refractivity contribution is 0.0639. The number of benzene rings is 3. The molecule has 3 aromatic rings. The molecule has 0 heterocycles. The molecule has 0 aliphatic heterocycles. The van der Waals surface area contributed by atoms with Crippen molar-refractivity contribution in [1.82, 2.24) is 15.5 Å². The molecule has 1 fully saturated rings. The number of aliphatic hydroxyl groups excluding tert-OH is 1. The summed E-state index contributed by atoms with van der Waals surface area (Å²) in [4.78, 5) is 28.8. The molecule has 3 aromatic carbocycles. The third kappa shape index (κ3) is 8.42. The second-order valence-corrected chi connectivity index (χ2v) is 11.7. The maximum atomic E-state index is 14.1. The molecule has 4 rings (SSSR count). The van der Waals surface area contributed by atoms with Gasteiger partial charge in [0.1, 0.15) is 17.4 Å². The maximum absolute atomic E-state index is 14.1.